The fraction of sp³-hybridized carbons (Fsp3) is 0.733. The topological polar surface area (TPSA) is 195 Å². The van der Waals surface area contributed by atoms with E-state index in [1.807, 2.05) is 0 Å². The quantitative estimate of drug-likeness (QED) is 0.268. The minimum Gasteiger partial charge on any atom is -0.480 e. The van der Waals surface area contributed by atoms with E-state index < -0.39 is 80.8 Å². The molecule has 0 amide bonds. The van der Waals surface area contributed by atoms with Crippen LogP contribution in [0.4, 0.5) is 0 Å². The molecule has 0 aromatic carbocycles. The lowest BCUT2D eigenvalue weighted by Gasteiger charge is -2.44. The Hall–Kier alpha value is -2.32. The van der Waals surface area contributed by atoms with Crippen molar-refractivity contribution >= 4 is 23.9 Å². The van der Waals surface area contributed by atoms with E-state index >= 15 is 0 Å². The van der Waals surface area contributed by atoms with Gasteiger partial charge >= 0.3 is 23.9 Å². The second kappa shape index (κ2) is 11.5. The molecule has 1 saturated heterocycles. The zero-order valence-corrected chi connectivity index (χ0v) is 14.9. The highest BCUT2D eigenvalue weighted by Crippen LogP contribution is 2.28. The molecule has 0 aromatic heterocycles. The summed E-state index contributed by atoms with van der Waals surface area (Å²) in [7, 11) is 0. The average Bonchev–Trinajstić information content (AvgIpc) is 2.57. The van der Waals surface area contributed by atoms with Gasteiger partial charge < -0.3 is 44.1 Å². The van der Waals surface area contributed by atoms with Crippen LogP contribution < -0.4 is 0 Å². The molecule has 1 rings (SSSR count). The monoisotopic (exact) mass is 410 g/mol. The molecule has 1 aliphatic rings. The van der Waals surface area contributed by atoms with E-state index in [0.717, 1.165) is 0 Å². The third kappa shape index (κ3) is 8.14. The van der Waals surface area contributed by atoms with Gasteiger partial charge in [-0.3, -0.25) is 0 Å². The van der Waals surface area contributed by atoms with Crippen molar-refractivity contribution in [2.45, 2.75) is 37.4 Å². The molecule has 0 spiro atoms. The molecule has 13 heteroatoms. The third-order valence-corrected chi connectivity index (χ3v) is 3.57. The van der Waals surface area contributed by atoms with Crippen molar-refractivity contribution in [1.29, 1.82) is 0 Å². The van der Waals surface area contributed by atoms with Crippen molar-refractivity contribution < 1.29 is 63.3 Å². The molecule has 0 radical (unpaired) electrons. The molecule has 4 N–H and O–H groups in total. The van der Waals surface area contributed by atoms with Crippen LogP contribution >= 0.6 is 0 Å². The first-order valence-electron chi connectivity index (χ1n) is 8.07. The molecular weight excluding hydrogens is 388 g/mol. The Bertz CT molecular complexity index is 562. The first-order chi connectivity index (χ1) is 13.1. The summed E-state index contributed by atoms with van der Waals surface area (Å²) in [6.45, 7) is -1.80. The third-order valence-electron chi connectivity index (χ3n) is 3.57. The van der Waals surface area contributed by atoms with Crippen molar-refractivity contribution in [3.05, 3.63) is 0 Å². The Kier molecular flexibility index (Phi) is 9.75. The van der Waals surface area contributed by atoms with Crippen LogP contribution in [0.15, 0.2) is 0 Å². The second-order valence-electron chi connectivity index (χ2n) is 5.80. The van der Waals surface area contributed by atoms with E-state index in [2.05, 4.69) is 0 Å². The lowest BCUT2D eigenvalue weighted by atomic mass is 9.95. The van der Waals surface area contributed by atoms with Crippen molar-refractivity contribution in [3.63, 3.8) is 0 Å². The summed E-state index contributed by atoms with van der Waals surface area (Å²) in [5.41, 5.74) is 0. The Morgan fingerprint density at radius 2 is 1.14 bits per heavy atom. The molecule has 160 valence electrons. The standard InChI is InChI=1S/C15H22O13/c1-7-13(25-4-10(18)19)15(27-6-12(22)23)14(26-5-11(20)21)8(28-7)2-24-3-9(16)17/h7-8,13-15H,2-6H2,1H3,(H,16,17)(H,18,19)(H,20,21)(H,22,23)/t7-,8+,13-,14-,15+/m0/s1. The van der Waals surface area contributed by atoms with E-state index in [-0.39, 0.29) is 6.61 Å². The summed E-state index contributed by atoms with van der Waals surface area (Å²) in [6, 6.07) is 0. The Morgan fingerprint density at radius 3 is 1.61 bits per heavy atom. The van der Waals surface area contributed by atoms with Gasteiger partial charge in [-0.1, -0.05) is 0 Å². The minimum atomic E-state index is -1.33. The fourth-order valence-corrected chi connectivity index (χ4v) is 2.62. The van der Waals surface area contributed by atoms with Gasteiger partial charge in [-0.2, -0.15) is 0 Å². The van der Waals surface area contributed by atoms with Gasteiger partial charge in [0.1, 0.15) is 50.8 Å². The van der Waals surface area contributed by atoms with Gasteiger partial charge in [0.2, 0.25) is 0 Å². The van der Waals surface area contributed by atoms with E-state index in [4.69, 9.17) is 44.1 Å². The SMILES string of the molecule is C[C@@H]1O[C@H](COCC(=O)O)[C@H](OCC(=O)O)[C@H](OCC(=O)O)[C@H]1OCC(=O)O. The number of ether oxygens (including phenoxy) is 5. The second-order valence-corrected chi connectivity index (χ2v) is 5.80. The number of aliphatic carboxylic acids is 4. The average molecular weight is 410 g/mol. The maximum absolute atomic E-state index is 10.9. The number of carbonyl (C=O) groups is 4. The molecule has 0 aliphatic carbocycles. The molecule has 28 heavy (non-hydrogen) atoms. The number of hydrogen-bond acceptors (Lipinski definition) is 9. The van der Waals surface area contributed by atoms with E-state index in [1.54, 1.807) is 0 Å². The minimum absolute atomic E-state index is 0.320. The Labute approximate surface area is 158 Å². The van der Waals surface area contributed by atoms with Gasteiger partial charge in [-0.15, -0.1) is 0 Å². The number of hydrogen-bond donors (Lipinski definition) is 4. The summed E-state index contributed by atoms with van der Waals surface area (Å²) in [4.78, 5) is 43.2. The maximum Gasteiger partial charge on any atom is 0.329 e. The summed E-state index contributed by atoms with van der Waals surface area (Å²) >= 11 is 0. The highest BCUT2D eigenvalue weighted by atomic mass is 16.6. The highest BCUT2D eigenvalue weighted by Gasteiger charge is 2.47. The molecule has 1 aliphatic heterocycles. The molecule has 0 bridgehead atoms. The molecule has 1 heterocycles. The van der Waals surface area contributed by atoms with Crippen LogP contribution in [0.25, 0.3) is 0 Å². The van der Waals surface area contributed by atoms with E-state index in [1.165, 1.54) is 6.92 Å². The zero-order chi connectivity index (χ0) is 21.3. The number of rotatable bonds is 13. The highest BCUT2D eigenvalue weighted by molar-refractivity contribution is 5.69. The predicted molar refractivity (Wildman–Crippen MR) is 84.9 cm³/mol. The van der Waals surface area contributed by atoms with Crippen LogP contribution in [0.1, 0.15) is 6.92 Å². The summed E-state index contributed by atoms with van der Waals surface area (Å²) < 4.78 is 26.3. The van der Waals surface area contributed by atoms with Crippen molar-refractivity contribution in [2.24, 2.45) is 0 Å². The Morgan fingerprint density at radius 1 is 0.714 bits per heavy atom. The van der Waals surface area contributed by atoms with Crippen molar-refractivity contribution in [1.82, 2.24) is 0 Å². The van der Waals surface area contributed by atoms with Crippen molar-refractivity contribution in [2.75, 3.05) is 33.0 Å². The lowest BCUT2D eigenvalue weighted by molar-refractivity contribution is -0.261. The normalized spacial score (nSPS) is 27.2. The van der Waals surface area contributed by atoms with Gasteiger partial charge in [0.15, 0.2) is 0 Å². The van der Waals surface area contributed by atoms with Gasteiger partial charge in [0.25, 0.3) is 0 Å². The fourth-order valence-electron chi connectivity index (χ4n) is 2.62. The molecule has 13 nitrogen and oxygen atoms in total. The van der Waals surface area contributed by atoms with Gasteiger partial charge in [0, 0.05) is 0 Å². The van der Waals surface area contributed by atoms with Gasteiger partial charge in [0.05, 0.1) is 12.7 Å². The number of carboxylic acid groups (broad SMARTS) is 4. The zero-order valence-electron chi connectivity index (χ0n) is 14.9. The van der Waals surface area contributed by atoms with Crippen LogP contribution in [-0.2, 0) is 42.9 Å². The van der Waals surface area contributed by atoms with Crippen LogP contribution in [0.3, 0.4) is 0 Å². The predicted octanol–water partition coefficient (Wildman–Crippen LogP) is -1.72. The molecule has 5 atom stereocenters. The maximum atomic E-state index is 10.9. The van der Waals surface area contributed by atoms with Gasteiger partial charge in [-0.25, -0.2) is 19.2 Å². The molecule has 0 saturated carbocycles. The molecular formula is C15H22O13. The summed E-state index contributed by atoms with van der Waals surface area (Å²) in [5, 5.41) is 35.2. The Balaban J connectivity index is 3.03. The van der Waals surface area contributed by atoms with Crippen LogP contribution in [0, 0.1) is 0 Å². The van der Waals surface area contributed by atoms with E-state index in [9.17, 15) is 19.2 Å². The van der Waals surface area contributed by atoms with Gasteiger partial charge in [-0.05, 0) is 6.92 Å². The first-order valence-corrected chi connectivity index (χ1v) is 8.07. The molecule has 0 aromatic rings. The number of carboxylic acids is 4. The van der Waals surface area contributed by atoms with Crippen LogP contribution in [-0.4, -0.2) is 108 Å². The summed E-state index contributed by atoms with van der Waals surface area (Å²) in [6.07, 6.45) is -5.36. The molecule has 1 fully saturated rings. The van der Waals surface area contributed by atoms with Crippen molar-refractivity contribution in [3.8, 4) is 0 Å². The first kappa shape index (κ1) is 23.7. The lowest BCUT2D eigenvalue weighted by Crippen LogP contribution is -2.61. The van der Waals surface area contributed by atoms with Crippen LogP contribution in [0.2, 0.25) is 0 Å². The van der Waals surface area contributed by atoms with E-state index in [0.29, 0.717) is 0 Å². The summed E-state index contributed by atoms with van der Waals surface area (Å²) in [5.74, 6) is -5.19. The largest absolute Gasteiger partial charge is 0.480 e. The van der Waals surface area contributed by atoms with Crippen LogP contribution in [0.5, 0.6) is 0 Å². The smallest absolute Gasteiger partial charge is 0.329 e. The molecule has 0 unspecified atom stereocenters.